The van der Waals surface area contributed by atoms with E-state index in [1.165, 1.54) is 43.6 Å². The van der Waals surface area contributed by atoms with Crippen molar-refractivity contribution in [3.63, 3.8) is 0 Å². The van der Waals surface area contributed by atoms with E-state index in [4.69, 9.17) is 9.40 Å². The summed E-state index contributed by atoms with van der Waals surface area (Å²) in [6.45, 7) is 0. The van der Waals surface area contributed by atoms with Crippen LogP contribution in [-0.4, -0.2) is 18.5 Å². The number of rotatable bonds is 3. The van der Waals surface area contributed by atoms with E-state index in [1.54, 1.807) is 0 Å². The highest BCUT2D eigenvalue weighted by atomic mass is 16.4. The molecule has 0 bridgehead atoms. The monoisotopic (exact) mass is 564 g/mol. The topological polar surface area (TPSA) is 40.3 Å². The molecule has 0 saturated carbocycles. The van der Waals surface area contributed by atoms with Gasteiger partial charge in [0.2, 0.25) is 0 Å². The molecule has 0 aliphatic carbocycles. The van der Waals surface area contributed by atoms with Crippen molar-refractivity contribution in [2.45, 2.75) is 0 Å². The van der Waals surface area contributed by atoms with Crippen LogP contribution < -0.4 is 0 Å². The van der Waals surface area contributed by atoms with E-state index in [0.29, 0.717) is 5.84 Å². The third-order valence-corrected chi connectivity index (χ3v) is 8.90. The van der Waals surface area contributed by atoms with Gasteiger partial charge in [-0.1, -0.05) is 84.9 Å². The number of nitrogens with zero attached hydrogens (tertiary/aromatic N) is 4. The first-order chi connectivity index (χ1) is 21.8. The number of fused-ring (bicyclic) bond motifs is 9. The number of para-hydroxylation sites is 4. The Balaban J connectivity index is 1.10. The number of oxazole rings is 1. The number of hydrogen-bond donors (Lipinski definition) is 0. The summed E-state index contributed by atoms with van der Waals surface area (Å²) in [5.41, 5.74) is 10.6. The quantitative estimate of drug-likeness (QED) is 0.214. The van der Waals surface area contributed by atoms with E-state index < -0.39 is 0 Å². The first-order valence-corrected chi connectivity index (χ1v) is 14.8. The maximum Gasteiger partial charge on any atom is 0.307 e. The third kappa shape index (κ3) is 3.21. The van der Waals surface area contributed by atoms with Crippen LogP contribution in [0, 0.1) is 0 Å². The Labute approximate surface area is 251 Å². The lowest BCUT2D eigenvalue weighted by molar-refractivity contribution is 0.641. The molecule has 6 aromatic carbocycles. The van der Waals surface area contributed by atoms with Crippen molar-refractivity contribution in [1.82, 2.24) is 18.5 Å². The third-order valence-electron chi connectivity index (χ3n) is 8.90. The molecule has 4 heterocycles. The van der Waals surface area contributed by atoms with Crippen LogP contribution >= 0.6 is 0 Å². The minimum Gasteiger partial charge on any atom is -0.423 e. The predicted octanol–water partition coefficient (Wildman–Crippen LogP) is 9.94. The van der Waals surface area contributed by atoms with E-state index in [0.717, 1.165) is 33.7 Å². The van der Waals surface area contributed by atoms with Gasteiger partial charge in [-0.3, -0.25) is 4.40 Å². The SMILES string of the molecule is c1cc(-c2cn3c(n2)oc2cc(-n4c5ccccc5c5ccccc54)ccc23)cc(-n2c3ccccc3c3ccccc32)c1. The molecule has 10 rings (SSSR count). The summed E-state index contributed by atoms with van der Waals surface area (Å²) >= 11 is 0. The summed E-state index contributed by atoms with van der Waals surface area (Å²) < 4.78 is 13.1. The van der Waals surface area contributed by atoms with Gasteiger partial charge in [0, 0.05) is 45.1 Å². The molecule has 0 amide bonds. The van der Waals surface area contributed by atoms with Crippen molar-refractivity contribution < 1.29 is 4.42 Å². The van der Waals surface area contributed by atoms with Crippen LogP contribution in [0.25, 0.3) is 83.2 Å². The summed E-state index contributed by atoms with van der Waals surface area (Å²) in [5, 5.41) is 4.98. The molecule has 0 aliphatic heterocycles. The molecule has 4 aromatic heterocycles. The zero-order valence-corrected chi connectivity index (χ0v) is 23.6. The molecule has 0 saturated heterocycles. The van der Waals surface area contributed by atoms with Gasteiger partial charge in [-0.05, 0) is 48.5 Å². The van der Waals surface area contributed by atoms with Gasteiger partial charge in [0.25, 0.3) is 0 Å². The van der Waals surface area contributed by atoms with Crippen molar-refractivity contribution in [3.05, 3.63) is 146 Å². The highest BCUT2D eigenvalue weighted by Crippen LogP contribution is 2.35. The Morgan fingerprint density at radius 3 is 1.55 bits per heavy atom. The maximum absolute atomic E-state index is 6.37. The Bertz CT molecular complexity index is 2630. The largest absolute Gasteiger partial charge is 0.423 e. The second-order valence-electron chi connectivity index (χ2n) is 11.3. The van der Waals surface area contributed by atoms with Crippen LogP contribution in [0.4, 0.5) is 0 Å². The van der Waals surface area contributed by atoms with Crippen molar-refractivity contribution in [3.8, 4) is 22.6 Å². The van der Waals surface area contributed by atoms with Gasteiger partial charge in [0.05, 0.1) is 39.0 Å². The van der Waals surface area contributed by atoms with Crippen LogP contribution in [0.5, 0.6) is 0 Å². The van der Waals surface area contributed by atoms with E-state index in [9.17, 15) is 0 Å². The number of hydrogen-bond acceptors (Lipinski definition) is 2. The second kappa shape index (κ2) is 8.72. The molecule has 0 atom stereocenters. The van der Waals surface area contributed by atoms with Gasteiger partial charge in [-0.2, -0.15) is 4.98 Å². The molecule has 0 aliphatic rings. The number of benzene rings is 6. The predicted molar refractivity (Wildman–Crippen MR) is 179 cm³/mol. The molecule has 0 unspecified atom stereocenters. The lowest BCUT2D eigenvalue weighted by Gasteiger charge is -2.09. The van der Waals surface area contributed by atoms with Crippen LogP contribution in [-0.2, 0) is 0 Å². The first kappa shape index (κ1) is 23.5. The van der Waals surface area contributed by atoms with Gasteiger partial charge in [0.1, 0.15) is 0 Å². The molecule has 5 heteroatoms. The molecule has 0 N–H and O–H groups in total. The van der Waals surface area contributed by atoms with Gasteiger partial charge in [-0.15, -0.1) is 0 Å². The van der Waals surface area contributed by atoms with Gasteiger partial charge >= 0.3 is 5.84 Å². The molecule has 5 nitrogen and oxygen atoms in total. The van der Waals surface area contributed by atoms with Crippen LogP contribution in [0.15, 0.2) is 150 Å². The summed E-state index contributed by atoms with van der Waals surface area (Å²) in [7, 11) is 0. The van der Waals surface area contributed by atoms with Crippen LogP contribution in [0.2, 0.25) is 0 Å². The Morgan fingerprint density at radius 2 is 0.977 bits per heavy atom. The van der Waals surface area contributed by atoms with Crippen LogP contribution in [0.1, 0.15) is 0 Å². The van der Waals surface area contributed by atoms with E-state index >= 15 is 0 Å². The molecule has 0 fully saturated rings. The van der Waals surface area contributed by atoms with Gasteiger partial charge in [0.15, 0.2) is 5.58 Å². The fourth-order valence-electron chi connectivity index (χ4n) is 6.97. The average Bonchev–Trinajstić information content (AvgIpc) is 3.82. The molecule has 44 heavy (non-hydrogen) atoms. The molecular weight excluding hydrogens is 540 g/mol. The Kier molecular flexibility index (Phi) is 4.66. The molecule has 0 spiro atoms. The second-order valence-corrected chi connectivity index (χ2v) is 11.3. The smallest absolute Gasteiger partial charge is 0.307 e. The maximum atomic E-state index is 6.37. The summed E-state index contributed by atoms with van der Waals surface area (Å²) in [6, 6.07) is 49.3. The Hall–Kier alpha value is -6.07. The lowest BCUT2D eigenvalue weighted by atomic mass is 10.1. The van der Waals surface area contributed by atoms with Gasteiger partial charge in [-0.25, -0.2) is 0 Å². The summed E-state index contributed by atoms with van der Waals surface area (Å²) in [6.07, 6.45) is 2.08. The van der Waals surface area contributed by atoms with Crippen LogP contribution in [0.3, 0.4) is 0 Å². The molecule has 10 aromatic rings. The van der Waals surface area contributed by atoms with Crippen molar-refractivity contribution in [2.24, 2.45) is 0 Å². The number of imidazole rings is 1. The normalized spacial score (nSPS) is 12.1. The van der Waals surface area contributed by atoms with Gasteiger partial charge < -0.3 is 13.6 Å². The lowest BCUT2D eigenvalue weighted by Crippen LogP contribution is -1.94. The fourth-order valence-corrected chi connectivity index (χ4v) is 6.97. The molecule has 0 radical (unpaired) electrons. The minimum atomic E-state index is 0.580. The average molecular weight is 565 g/mol. The minimum absolute atomic E-state index is 0.580. The summed E-state index contributed by atoms with van der Waals surface area (Å²) in [5.74, 6) is 0.580. The van der Waals surface area contributed by atoms with E-state index in [-0.39, 0.29) is 0 Å². The number of aromatic nitrogens is 4. The Morgan fingerprint density at radius 1 is 0.455 bits per heavy atom. The van der Waals surface area contributed by atoms with Crippen molar-refractivity contribution in [1.29, 1.82) is 0 Å². The van der Waals surface area contributed by atoms with E-state index in [1.807, 2.05) is 4.40 Å². The zero-order valence-electron chi connectivity index (χ0n) is 23.6. The van der Waals surface area contributed by atoms with Crippen molar-refractivity contribution in [2.75, 3.05) is 0 Å². The highest BCUT2D eigenvalue weighted by Gasteiger charge is 2.17. The fraction of sp³-hybridized carbons (Fsp3) is 0. The van der Waals surface area contributed by atoms with Crippen molar-refractivity contribution >= 4 is 60.6 Å². The first-order valence-electron chi connectivity index (χ1n) is 14.8. The highest BCUT2D eigenvalue weighted by molar-refractivity contribution is 6.10. The standard InChI is InChI=1S/C39H24N4O/c1-5-16-33-28(12-1)29-13-2-6-17-34(29)42(33)26-11-9-10-25(22-26)32-24-41-37-21-20-27(23-38(37)44-39(41)40-32)43-35-18-7-3-14-30(35)31-15-4-8-19-36(31)43/h1-24H. The van der Waals surface area contributed by atoms with E-state index in [2.05, 4.69) is 155 Å². The zero-order chi connectivity index (χ0) is 28.8. The summed E-state index contributed by atoms with van der Waals surface area (Å²) in [4.78, 5) is 4.94. The molecule has 206 valence electrons. The molecular formula is C39H24N4O.